The highest BCUT2D eigenvalue weighted by Crippen LogP contribution is 2.32. The molecular weight excluding hydrogens is 428 g/mol. The van der Waals surface area contributed by atoms with Crippen LogP contribution in [-0.4, -0.2) is 36.0 Å². The van der Waals surface area contributed by atoms with Crippen molar-refractivity contribution in [2.24, 2.45) is 5.73 Å². The molecule has 0 radical (unpaired) electrons. The molecule has 1 fully saturated rings. The van der Waals surface area contributed by atoms with Gasteiger partial charge in [-0.25, -0.2) is 4.79 Å². The Hall–Kier alpha value is -2.93. The highest BCUT2D eigenvalue weighted by Gasteiger charge is 2.34. The molecule has 0 spiro atoms. The SMILES string of the molecule is CC(C)(C)OC(=O)ON1CCC(c2ccc(CN)cc2)C(OCc2ccc3ccccc3c2)C1. The zero-order valence-electron chi connectivity index (χ0n) is 20.2. The summed E-state index contributed by atoms with van der Waals surface area (Å²) in [5.74, 6) is 0.186. The molecule has 180 valence electrons. The third kappa shape index (κ3) is 6.35. The van der Waals surface area contributed by atoms with E-state index in [4.69, 9.17) is 20.0 Å². The van der Waals surface area contributed by atoms with E-state index in [0.717, 1.165) is 17.5 Å². The molecule has 4 rings (SSSR count). The van der Waals surface area contributed by atoms with Crippen molar-refractivity contribution < 1.29 is 19.1 Å². The first-order valence-corrected chi connectivity index (χ1v) is 11.8. The Bertz CT molecular complexity index is 1110. The van der Waals surface area contributed by atoms with Gasteiger partial charge in [-0.15, -0.1) is 5.06 Å². The number of ether oxygens (including phenoxy) is 2. The molecule has 6 heteroatoms. The molecule has 34 heavy (non-hydrogen) atoms. The second-order valence-corrected chi connectivity index (χ2v) is 9.82. The van der Waals surface area contributed by atoms with E-state index in [1.807, 2.05) is 32.9 Å². The molecular formula is C28H34N2O4. The van der Waals surface area contributed by atoms with Crippen molar-refractivity contribution >= 4 is 16.9 Å². The van der Waals surface area contributed by atoms with E-state index in [1.165, 1.54) is 16.3 Å². The van der Waals surface area contributed by atoms with Crippen LogP contribution in [0.1, 0.15) is 49.8 Å². The summed E-state index contributed by atoms with van der Waals surface area (Å²) in [6.45, 7) is 7.54. The number of hydrogen-bond donors (Lipinski definition) is 1. The zero-order chi connectivity index (χ0) is 24.1. The van der Waals surface area contributed by atoms with Crippen molar-refractivity contribution in [3.63, 3.8) is 0 Å². The number of carbonyl (C=O) groups is 1. The number of nitrogens with zero attached hydrogens (tertiary/aromatic N) is 1. The van der Waals surface area contributed by atoms with Crippen LogP contribution in [0.5, 0.6) is 0 Å². The molecule has 0 amide bonds. The number of piperidine rings is 1. The fourth-order valence-corrected chi connectivity index (χ4v) is 4.33. The Morgan fingerprint density at radius 3 is 2.41 bits per heavy atom. The minimum absolute atomic E-state index is 0.147. The third-order valence-electron chi connectivity index (χ3n) is 6.04. The Kier molecular flexibility index (Phi) is 7.51. The number of fused-ring (bicyclic) bond motifs is 1. The summed E-state index contributed by atoms with van der Waals surface area (Å²) >= 11 is 0. The summed E-state index contributed by atoms with van der Waals surface area (Å²) in [5.41, 5.74) is 8.59. The van der Waals surface area contributed by atoms with Gasteiger partial charge in [0.2, 0.25) is 0 Å². The van der Waals surface area contributed by atoms with Crippen molar-refractivity contribution in [3.8, 4) is 0 Å². The molecule has 2 atom stereocenters. The lowest BCUT2D eigenvalue weighted by Gasteiger charge is -2.37. The largest absolute Gasteiger partial charge is 0.528 e. The van der Waals surface area contributed by atoms with E-state index in [2.05, 4.69) is 54.6 Å². The maximum atomic E-state index is 12.2. The van der Waals surface area contributed by atoms with E-state index in [-0.39, 0.29) is 12.0 Å². The smallest absolute Gasteiger partial charge is 0.427 e. The van der Waals surface area contributed by atoms with Gasteiger partial charge in [0, 0.05) is 19.0 Å². The quantitative estimate of drug-likeness (QED) is 0.485. The van der Waals surface area contributed by atoms with Gasteiger partial charge in [0.1, 0.15) is 5.60 Å². The van der Waals surface area contributed by atoms with Gasteiger partial charge in [0.05, 0.1) is 19.3 Å². The zero-order valence-corrected chi connectivity index (χ0v) is 20.2. The normalized spacial score (nSPS) is 19.2. The van der Waals surface area contributed by atoms with Crippen molar-refractivity contribution in [1.29, 1.82) is 0 Å². The van der Waals surface area contributed by atoms with Crippen LogP contribution in [0.25, 0.3) is 10.8 Å². The topological polar surface area (TPSA) is 74.0 Å². The van der Waals surface area contributed by atoms with Crippen molar-refractivity contribution in [1.82, 2.24) is 5.06 Å². The molecule has 0 aliphatic carbocycles. The summed E-state index contributed by atoms with van der Waals surface area (Å²) in [4.78, 5) is 17.7. The fraction of sp³-hybridized carbons (Fsp3) is 0.393. The van der Waals surface area contributed by atoms with Crippen LogP contribution in [0.3, 0.4) is 0 Å². The molecule has 0 saturated carbocycles. The van der Waals surface area contributed by atoms with E-state index >= 15 is 0 Å². The second-order valence-electron chi connectivity index (χ2n) is 9.82. The van der Waals surface area contributed by atoms with Gasteiger partial charge in [0.15, 0.2) is 0 Å². The van der Waals surface area contributed by atoms with Gasteiger partial charge in [-0.3, -0.25) is 0 Å². The lowest BCUT2D eigenvalue weighted by Crippen LogP contribution is -2.45. The predicted molar refractivity (Wildman–Crippen MR) is 133 cm³/mol. The standard InChI is InChI=1S/C28H34N2O4/c1-28(2,3)33-27(31)34-30-15-14-25(23-12-8-20(17-29)9-13-23)26(18-30)32-19-21-10-11-22-6-4-5-7-24(22)16-21/h4-13,16,25-26H,14-15,17-19,29H2,1-3H3. The number of nitrogens with two attached hydrogens (primary N) is 1. The summed E-state index contributed by atoms with van der Waals surface area (Å²) in [7, 11) is 0. The molecule has 3 aromatic rings. The summed E-state index contributed by atoms with van der Waals surface area (Å²) in [6, 6.07) is 23.1. The molecule has 0 bridgehead atoms. The summed E-state index contributed by atoms with van der Waals surface area (Å²) in [5, 5.41) is 4.05. The first kappa shape index (κ1) is 24.2. The van der Waals surface area contributed by atoms with Crippen molar-refractivity contribution in [2.75, 3.05) is 13.1 Å². The number of hydroxylamine groups is 2. The number of rotatable bonds is 6. The monoisotopic (exact) mass is 462 g/mol. The second kappa shape index (κ2) is 10.6. The van der Waals surface area contributed by atoms with Gasteiger partial charge in [-0.1, -0.05) is 60.7 Å². The van der Waals surface area contributed by atoms with E-state index in [9.17, 15) is 4.79 Å². The van der Waals surface area contributed by atoms with Crippen LogP contribution in [0.4, 0.5) is 4.79 Å². The average Bonchev–Trinajstić information content (AvgIpc) is 2.81. The molecule has 0 aromatic heterocycles. The Labute approximate surface area is 201 Å². The van der Waals surface area contributed by atoms with Gasteiger partial charge >= 0.3 is 6.16 Å². The summed E-state index contributed by atoms with van der Waals surface area (Å²) < 4.78 is 11.8. The lowest BCUT2D eigenvalue weighted by molar-refractivity contribution is -0.179. The minimum Gasteiger partial charge on any atom is -0.427 e. The van der Waals surface area contributed by atoms with Gasteiger partial charge in [0.25, 0.3) is 0 Å². The predicted octanol–water partition coefficient (Wildman–Crippen LogP) is 5.54. The van der Waals surface area contributed by atoms with Gasteiger partial charge < -0.3 is 20.0 Å². The molecule has 3 aromatic carbocycles. The highest BCUT2D eigenvalue weighted by molar-refractivity contribution is 5.82. The highest BCUT2D eigenvalue weighted by atomic mass is 16.8. The number of carbonyl (C=O) groups excluding carboxylic acids is 1. The van der Waals surface area contributed by atoms with E-state index < -0.39 is 11.8 Å². The van der Waals surface area contributed by atoms with Crippen molar-refractivity contribution in [2.45, 2.75) is 58.0 Å². The molecule has 1 saturated heterocycles. The maximum absolute atomic E-state index is 12.2. The maximum Gasteiger partial charge on any atom is 0.528 e. The first-order valence-electron chi connectivity index (χ1n) is 11.8. The average molecular weight is 463 g/mol. The molecule has 1 aliphatic rings. The van der Waals surface area contributed by atoms with Crippen LogP contribution >= 0.6 is 0 Å². The Morgan fingerprint density at radius 1 is 1.00 bits per heavy atom. The number of benzene rings is 3. The first-order chi connectivity index (χ1) is 16.3. The van der Waals surface area contributed by atoms with Crippen LogP contribution < -0.4 is 5.73 Å². The molecule has 2 N–H and O–H groups in total. The number of hydrogen-bond acceptors (Lipinski definition) is 6. The fourth-order valence-electron chi connectivity index (χ4n) is 4.33. The molecule has 1 heterocycles. The molecule has 6 nitrogen and oxygen atoms in total. The van der Waals surface area contributed by atoms with Crippen LogP contribution in [0, 0.1) is 0 Å². The minimum atomic E-state index is -0.688. The Balaban J connectivity index is 1.48. The third-order valence-corrected chi connectivity index (χ3v) is 6.04. The van der Waals surface area contributed by atoms with Crippen LogP contribution in [-0.2, 0) is 27.5 Å². The van der Waals surface area contributed by atoms with Gasteiger partial charge in [-0.2, -0.15) is 0 Å². The summed E-state index contributed by atoms with van der Waals surface area (Å²) in [6.07, 6.45) is -0.0365. The van der Waals surface area contributed by atoms with Crippen molar-refractivity contribution in [3.05, 3.63) is 83.4 Å². The van der Waals surface area contributed by atoms with E-state index in [0.29, 0.717) is 26.2 Å². The Morgan fingerprint density at radius 2 is 1.71 bits per heavy atom. The van der Waals surface area contributed by atoms with E-state index in [1.54, 1.807) is 5.06 Å². The molecule has 2 unspecified atom stereocenters. The molecule has 1 aliphatic heterocycles. The van der Waals surface area contributed by atoms with Crippen LogP contribution in [0.2, 0.25) is 0 Å². The van der Waals surface area contributed by atoms with Crippen LogP contribution in [0.15, 0.2) is 66.7 Å². The van der Waals surface area contributed by atoms with Gasteiger partial charge in [-0.05, 0) is 60.7 Å². The lowest BCUT2D eigenvalue weighted by atomic mass is 9.87.